The van der Waals surface area contributed by atoms with Crippen molar-refractivity contribution in [2.24, 2.45) is 0 Å². The third kappa shape index (κ3) is 50.4. The molecule has 0 aliphatic carbocycles. The van der Waals surface area contributed by atoms with Gasteiger partial charge in [0.1, 0.15) is 0 Å². The zero-order chi connectivity index (χ0) is 36.2. The second kappa shape index (κ2) is 46.7. The SMILES string of the molecule is C=CCCCCCCCCC(=O)OC.C=CCCCCCCCCC(=O)OCCCOC(=O)CCCCCCCCC=C.OCCCO. The van der Waals surface area contributed by atoms with Gasteiger partial charge in [-0.25, -0.2) is 0 Å². The summed E-state index contributed by atoms with van der Waals surface area (Å²) in [5.41, 5.74) is 0. The van der Waals surface area contributed by atoms with Crippen LogP contribution in [-0.4, -0.2) is 61.7 Å². The van der Waals surface area contributed by atoms with E-state index >= 15 is 0 Å². The van der Waals surface area contributed by atoms with Gasteiger partial charge in [0.2, 0.25) is 0 Å². The number of carbonyl (C=O) groups is 3. The average molecular weight is 683 g/mol. The van der Waals surface area contributed by atoms with Gasteiger partial charge in [-0.15, -0.1) is 19.7 Å². The van der Waals surface area contributed by atoms with Crippen molar-refractivity contribution in [3.63, 3.8) is 0 Å². The van der Waals surface area contributed by atoms with Crippen LogP contribution in [0.1, 0.15) is 167 Å². The van der Waals surface area contributed by atoms with Crippen LogP contribution >= 0.6 is 0 Å². The van der Waals surface area contributed by atoms with Crippen LogP contribution < -0.4 is 0 Å². The molecule has 0 bridgehead atoms. The lowest BCUT2D eigenvalue weighted by Crippen LogP contribution is -2.10. The van der Waals surface area contributed by atoms with Gasteiger partial charge in [0, 0.05) is 38.9 Å². The molecule has 0 amide bonds. The van der Waals surface area contributed by atoms with Crippen LogP contribution in [0.5, 0.6) is 0 Å². The van der Waals surface area contributed by atoms with E-state index in [4.69, 9.17) is 19.7 Å². The molecule has 8 heteroatoms. The fourth-order valence-electron chi connectivity index (χ4n) is 4.54. The van der Waals surface area contributed by atoms with Crippen molar-refractivity contribution in [2.75, 3.05) is 33.5 Å². The number of ether oxygens (including phenoxy) is 3. The Bertz CT molecular complexity index is 682. The molecular formula is C40H74O8. The topological polar surface area (TPSA) is 119 Å². The van der Waals surface area contributed by atoms with E-state index in [1.54, 1.807) is 0 Å². The molecule has 0 saturated carbocycles. The first-order valence-electron chi connectivity index (χ1n) is 18.9. The number of aliphatic hydroxyl groups excluding tert-OH is 2. The number of rotatable bonds is 33. The van der Waals surface area contributed by atoms with Crippen molar-refractivity contribution in [3.05, 3.63) is 38.0 Å². The molecule has 0 atom stereocenters. The maximum Gasteiger partial charge on any atom is 0.305 e. The monoisotopic (exact) mass is 683 g/mol. The summed E-state index contributed by atoms with van der Waals surface area (Å²) in [7, 11) is 1.44. The molecule has 48 heavy (non-hydrogen) atoms. The smallest absolute Gasteiger partial charge is 0.305 e. The molecule has 0 rings (SSSR count). The standard InChI is InChI=1S/C25H44O4.C12H22O2.C3H8O2/c1-3-5-7-9-11-13-15-17-20-24(26)28-22-19-23-29-25(27)21-18-16-14-12-10-8-6-4-2;1-3-4-5-6-7-8-9-10-11-12(13)14-2;4-2-1-3-5/h3-4H,1-2,5-23H2;3H,1,4-11H2,2H3;4-5H,1-3H2. The highest BCUT2D eigenvalue weighted by Crippen LogP contribution is 2.11. The number of esters is 3. The number of hydrogen-bond donors (Lipinski definition) is 2. The number of carbonyl (C=O) groups excluding carboxylic acids is 3. The Morgan fingerprint density at radius 2 is 0.729 bits per heavy atom. The summed E-state index contributed by atoms with van der Waals surface area (Å²) < 4.78 is 14.9. The number of aliphatic hydroxyl groups is 2. The Balaban J connectivity index is -0.000000877. The van der Waals surface area contributed by atoms with Crippen molar-refractivity contribution in [1.82, 2.24) is 0 Å². The molecule has 0 unspecified atom stereocenters. The third-order valence-corrected chi connectivity index (χ3v) is 7.48. The first-order chi connectivity index (χ1) is 23.4. The van der Waals surface area contributed by atoms with Crippen molar-refractivity contribution in [3.8, 4) is 0 Å². The predicted molar refractivity (Wildman–Crippen MR) is 199 cm³/mol. The summed E-state index contributed by atoms with van der Waals surface area (Å²) in [5.74, 6) is -0.371. The van der Waals surface area contributed by atoms with Crippen molar-refractivity contribution >= 4 is 17.9 Å². The van der Waals surface area contributed by atoms with Gasteiger partial charge >= 0.3 is 17.9 Å². The molecule has 0 saturated heterocycles. The molecule has 0 fully saturated rings. The summed E-state index contributed by atoms with van der Waals surface area (Å²) in [5, 5.41) is 15.8. The van der Waals surface area contributed by atoms with E-state index in [9.17, 15) is 14.4 Å². The summed E-state index contributed by atoms with van der Waals surface area (Å²) >= 11 is 0. The number of allylic oxidation sites excluding steroid dienone is 3. The van der Waals surface area contributed by atoms with Crippen molar-refractivity contribution in [2.45, 2.75) is 167 Å². The molecule has 0 aliphatic heterocycles. The van der Waals surface area contributed by atoms with Gasteiger partial charge in [0.25, 0.3) is 0 Å². The molecule has 0 aromatic carbocycles. The number of unbranched alkanes of at least 4 members (excludes halogenated alkanes) is 18. The summed E-state index contributed by atoms with van der Waals surface area (Å²) in [4.78, 5) is 34.1. The second-order valence-electron chi connectivity index (χ2n) is 12.0. The Morgan fingerprint density at radius 3 is 1.00 bits per heavy atom. The molecule has 0 heterocycles. The lowest BCUT2D eigenvalue weighted by molar-refractivity contribution is -0.146. The zero-order valence-electron chi connectivity index (χ0n) is 30.9. The predicted octanol–water partition coefficient (Wildman–Crippen LogP) is 9.90. The molecule has 0 aromatic rings. The minimum Gasteiger partial charge on any atom is -0.469 e. The first kappa shape index (κ1) is 49.9. The van der Waals surface area contributed by atoms with Crippen molar-refractivity contribution in [1.29, 1.82) is 0 Å². The molecule has 282 valence electrons. The molecule has 2 N–H and O–H groups in total. The largest absolute Gasteiger partial charge is 0.469 e. The van der Waals surface area contributed by atoms with E-state index in [2.05, 4.69) is 24.5 Å². The summed E-state index contributed by atoms with van der Waals surface area (Å²) in [6.45, 7) is 12.0. The fourth-order valence-corrected chi connectivity index (χ4v) is 4.54. The van der Waals surface area contributed by atoms with Crippen molar-refractivity contribution < 1.29 is 38.8 Å². The fraction of sp³-hybridized carbons (Fsp3) is 0.775. The van der Waals surface area contributed by atoms with Gasteiger partial charge in [0.15, 0.2) is 0 Å². The van der Waals surface area contributed by atoms with Crippen LogP contribution in [0.25, 0.3) is 0 Å². The first-order valence-corrected chi connectivity index (χ1v) is 18.9. The molecule has 0 radical (unpaired) electrons. The molecule has 0 aliphatic rings. The van der Waals surface area contributed by atoms with Crippen LogP contribution in [-0.2, 0) is 28.6 Å². The Labute approximate surface area is 294 Å². The lowest BCUT2D eigenvalue weighted by Gasteiger charge is -2.07. The maximum absolute atomic E-state index is 11.7. The minimum absolute atomic E-state index is 0.0864. The number of methoxy groups -OCH3 is 1. The third-order valence-electron chi connectivity index (χ3n) is 7.48. The Morgan fingerprint density at radius 1 is 0.438 bits per heavy atom. The van der Waals surface area contributed by atoms with E-state index in [-0.39, 0.29) is 31.1 Å². The highest BCUT2D eigenvalue weighted by molar-refractivity contribution is 5.69. The van der Waals surface area contributed by atoms with Gasteiger partial charge in [-0.05, 0) is 64.2 Å². The minimum atomic E-state index is -0.143. The Hall–Kier alpha value is -2.45. The van der Waals surface area contributed by atoms with E-state index in [1.165, 1.54) is 84.2 Å². The van der Waals surface area contributed by atoms with Gasteiger partial charge < -0.3 is 24.4 Å². The van der Waals surface area contributed by atoms with E-state index in [1.807, 2.05) is 18.2 Å². The molecule has 8 nitrogen and oxygen atoms in total. The van der Waals surface area contributed by atoms with E-state index in [0.717, 1.165) is 57.8 Å². The molecular weight excluding hydrogens is 608 g/mol. The quantitative estimate of drug-likeness (QED) is 0.0304. The van der Waals surface area contributed by atoms with E-state index in [0.29, 0.717) is 45.3 Å². The zero-order valence-corrected chi connectivity index (χ0v) is 30.9. The van der Waals surface area contributed by atoms with Crippen LogP contribution in [0.2, 0.25) is 0 Å². The van der Waals surface area contributed by atoms with Gasteiger partial charge in [-0.3, -0.25) is 14.4 Å². The average Bonchev–Trinajstić information content (AvgIpc) is 3.09. The van der Waals surface area contributed by atoms with E-state index < -0.39 is 0 Å². The Kier molecular flexibility index (Phi) is 48.5. The van der Waals surface area contributed by atoms with Crippen LogP contribution in [0, 0.1) is 0 Å². The van der Waals surface area contributed by atoms with Gasteiger partial charge in [-0.1, -0.05) is 95.3 Å². The maximum atomic E-state index is 11.7. The highest BCUT2D eigenvalue weighted by Gasteiger charge is 2.05. The number of hydrogen-bond acceptors (Lipinski definition) is 8. The molecule has 0 aromatic heterocycles. The van der Waals surface area contributed by atoms with Gasteiger partial charge in [-0.2, -0.15) is 0 Å². The normalized spacial score (nSPS) is 10.1. The van der Waals surface area contributed by atoms with Gasteiger partial charge in [0.05, 0.1) is 20.3 Å². The highest BCUT2D eigenvalue weighted by atomic mass is 16.5. The van der Waals surface area contributed by atoms with Crippen LogP contribution in [0.4, 0.5) is 0 Å². The molecule has 0 spiro atoms. The lowest BCUT2D eigenvalue weighted by atomic mass is 10.1. The second-order valence-corrected chi connectivity index (χ2v) is 12.0. The van der Waals surface area contributed by atoms with Crippen LogP contribution in [0.15, 0.2) is 38.0 Å². The summed E-state index contributed by atoms with van der Waals surface area (Å²) in [6, 6.07) is 0. The summed E-state index contributed by atoms with van der Waals surface area (Å²) in [6.07, 6.45) is 32.6. The van der Waals surface area contributed by atoms with Crippen LogP contribution in [0.3, 0.4) is 0 Å².